The lowest BCUT2D eigenvalue weighted by atomic mass is 9.51. The summed E-state index contributed by atoms with van der Waals surface area (Å²) in [6.45, 7) is 7.59. The summed E-state index contributed by atoms with van der Waals surface area (Å²) >= 11 is 6.08. The second kappa shape index (κ2) is 11.2. The molecular formula is C37H32ClFN2O6. The smallest absolute Gasteiger partial charge is 0.241 e. The number of rotatable bonds is 6. The first-order chi connectivity index (χ1) is 22.5. The minimum atomic E-state index is -1.32. The lowest BCUT2D eigenvalue weighted by molar-refractivity contribution is -0.131. The van der Waals surface area contributed by atoms with Gasteiger partial charge in [0.1, 0.15) is 5.82 Å². The van der Waals surface area contributed by atoms with Crippen molar-refractivity contribution in [1.82, 2.24) is 0 Å². The molecule has 6 unspecified atom stereocenters. The molecule has 6 atom stereocenters. The zero-order chi connectivity index (χ0) is 33.4. The molecule has 3 aromatic rings. The van der Waals surface area contributed by atoms with Crippen LogP contribution in [0.2, 0.25) is 5.02 Å². The third-order valence-electron chi connectivity index (χ3n) is 10.4. The number of fused-ring (bicyclic) bond motifs is 4. The van der Waals surface area contributed by atoms with E-state index in [0.717, 1.165) is 22.1 Å². The molecule has 0 radical (unpaired) electrons. The lowest BCUT2D eigenvalue weighted by Gasteiger charge is -2.49. The summed E-state index contributed by atoms with van der Waals surface area (Å²) in [6.07, 6.45) is 4.08. The summed E-state index contributed by atoms with van der Waals surface area (Å²) in [6, 6.07) is 15.6. The van der Waals surface area contributed by atoms with Crippen molar-refractivity contribution in [2.75, 3.05) is 16.4 Å². The summed E-state index contributed by atoms with van der Waals surface area (Å²) < 4.78 is 19.8. The topological polar surface area (TPSA) is 104 Å². The van der Waals surface area contributed by atoms with Crippen molar-refractivity contribution >= 4 is 52.7 Å². The molecule has 47 heavy (non-hydrogen) atoms. The van der Waals surface area contributed by atoms with Crippen LogP contribution in [-0.2, 0) is 19.2 Å². The number of imide groups is 2. The van der Waals surface area contributed by atoms with E-state index in [9.17, 15) is 28.7 Å². The number of carbonyl (C=O) groups excluding carboxylic acids is 4. The highest BCUT2D eigenvalue weighted by Crippen LogP contribution is 2.64. The molecule has 2 heterocycles. The second-order valence-corrected chi connectivity index (χ2v) is 13.1. The Morgan fingerprint density at radius 1 is 0.979 bits per heavy atom. The van der Waals surface area contributed by atoms with Gasteiger partial charge in [-0.25, -0.2) is 9.29 Å². The number of hydrogen-bond donors (Lipinski definition) is 1. The molecule has 1 saturated carbocycles. The summed E-state index contributed by atoms with van der Waals surface area (Å²) in [5.74, 6) is -5.61. The average molecular weight is 655 g/mol. The third kappa shape index (κ3) is 4.47. The summed E-state index contributed by atoms with van der Waals surface area (Å²) in [5, 5.41) is 10.3. The number of ether oxygens (including phenoxy) is 1. The van der Waals surface area contributed by atoms with Crippen molar-refractivity contribution in [1.29, 1.82) is 0 Å². The van der Waals surface area contributed by atoms with Crippen LogP contribution in [0.4, 0.5) is 15.8 Å². The van der Waals surface area contributed by atoms with Crippen LogP contribution in [0.5, 0.6) is 11.5 Å². The van der Waals surface area contributed by atoms with Gasteiger partial charge < -0.3 is 9.84 Å². The van der Waals surface area contributed by atoms with E-state index in [0.29, 0.717) is 11.3 Å². The Hall–Kier alpha value is -4.76. The number of phenols is 1. The van der Waals surface area contributed by atoms with Crippen LogP contribution in [0.1, 0.15) is 43.7 Å². The Labute approximate surface area is 276 Å². The van der Waals surface area contributed by atoms with Gasteiger partial charge in [0.15, 0.2) is 11.5 Å². The van der Waals surface area contributed by atoms with Gasteiger partial charge in [0, 0.05) is 5.92 Å². The van der Waals surface area contributed by atoms with E-state index < -0.39 is 52.6 Å². The molecular weight excluding hydrogens is 623 g/mol. The van der Waals surface area contributed by atoms with Crippen LogP contribution in [0.25, 0.3) is 6.08 Å². The molecule has 1 N–H and O–H groups in total. The summed E-state index contributed by atoms with van der Waals surface area (Å²) in [5.41, 5.74) is 1.56. The van der Waals surface area contributed by atoms with E-state index in [-0.39, 0.29) is 53.5 Å². The van der Waals surface area contributed by atoms with Crippen molar-refractivity contribution in [3.8, 4) is 11.5 Å². The molecule has 3 aromatic carbocycles. The van der Waals surface area contributed by atoms with Gasteiger partial charge in [0.25, 0.3) is 0 Å². The Morgan fingerprint density at radius 2 is 1.70 bits per heavy atom. The molecule has 2 saturated heterocycles. The van der Waals surface area contributed by atoms with E-state index in [2.05, 4.69) is 6.58 Å². The van der Waals surface area contributed by atoms with E-state index >= 15 is 0 Å². The Kier molecular flexibility index (Phi) is 7.35. The maximum absolute atomic E-state index is 14.6. The van der Waals surface area contributed by atoms with Gasteiger partial charge >= 0.3 is 0 Å². The molecule has 10 heteroatoms. The van der Waals surface area contributed by atoms with Crippen molar-refractivity contribution < 1.29 is 33.4 Å². The standard InChI is InChI=1S/C37H32ClFN2O6/c1-4-19-6-9-21(10-7-19)40-33(43)24-13-12-23-25(31(24)35(40)45)18-26-34(44)41(22-11-14-28(39)27(38)17-22)36(46)37(26,3)32(23)20-8-15-29(42)30(16-20)47-5-2/h4,6-12,14-17,24-26,31-32,42H,1,5,13,18H2,2-3H3. The number of hydrogen-bond acceptors (Lipinski definition) is 6. The maximum Gasteiger partial charge on any atom is 0.241 e. The van der Waals surface area contributed by atoms with Crippen molar-refractivity contribution in [3.63, 3.8) is 0 Å². The molecule has 4 amide bonds. The van der Waals surface area contributed by atoms with Gasteiger partial charge in [-0.05, 0) is 86.2 Å². The normalized spacial score (nSPS) is 28.2. The number of allylic oxidation sites excluding steroid dienone is 2. The fourth-order valence-corrected chi connectivity index (χ4v) is 8.44. The van der Waals surface area contributed by atoms with Crippen molar-refractivity contribution in [2.45, 2.75) is 32.6 Å². The molecule has 7 rings (SSSR count). The number of amides is 4. The largest absolute Gasteiger partial charge is 0.504 e. The molecule has 3 fully saturated rings. The van der Waals surface area contributed by atoms with Gasteiger partial charge in [-0.15, -0.1) is 0 Å². The van der Waals surface area contributed by atoms with E-state index in [1.54, 1.807) is 56.3 Å². The minimum Gasteiger partial charge on any atom is -0.504 e. The van der Waals surface area contributed by atoms with Gasteiger partial charge in [0.2, 0.25) is 23.6 Å². The maximum atomic E-state index is 14.6. The van der Waals surface area contributed by atoms with Gasteiger partial charge in [0.05, 0.1) is 46.2 Å². The quantitative estimate of drug-likeness (QED) is 0.235. The number of carbonyl (C=O) groups is 4. The predicted molar refractivity (Wildman–Crippen MR) is 174 cm³/mol. The number of nitrogens with zero attached hydrogens (tertiary/aromatic N) is 2. The number of phenolic OH excluding ortho intramolecular Hbond substituents is 1. The van der Waals surface area contributed by atoms with Gasteiger partial charge in [-0.1, -0.05) is 54.1 Å². The molecule has 0 spiro atoms. The fourth-order valence-electron chi connectivity index (χ4n) is 8.26. The van der Waals surface area contributed by atoms with Crippen LogP contribution >= 0.6 is 11.6 Å². The zero-order valence-electron chi connectivity index (χ0n) is 25.8. The molecule has 0 bridgehead atoms. The highest BCUT2D eigenvalue weighted by Gasteiger charge is 2.67. The molecule has 2 aliphatic carbocycles. The van der Waals surface area contributed by atoms with Crippen LogP contribution in [0.3, 0.4) is 0 Å². The average Bonchev–Trinajstić information content (AvgIpc) is 3.43. The number of halogens is 2. The highest BCUT2D eigenvalue weighted by molar-refractivity contribution is 6.32. The molecule has 0 aromatic heterocycles. The van der Waals surface area contributed by atoms with Crippen LogP contribution in [-0.4, -0.2) is 35.3 Å². The second-order valence-electron chi connectivity index (χ2n) is 12.7. The minimum absolute atomic E-state index is 0.0755. The number of aromatic hydroxyl groups is 1. The molecule has 8 nitrogen and oxygen atoms in total. The summed E-state index contributed by atoms with van der Waals surface area (Å²) in [4.78, 5) is 59.3. The Bertz CT molecular complexity index is 1910. The molecule has 2 aliphatic heterocycles. The SMILES string of the molecule is C=Cc1ccc(N2C(=O)C3CC=C4C(CC5C(=O)N(c6ccc(F)c(Cl)c6)C(=O)C5(C)C4c4ccc(O)c(OCC)c4)C3C2=O)cc1. The van der Waals surface area contributed by atoms with Crippen LogP contribution < -0.4 is 14.5 Å². The van der Waals surface area contributed by atoms with Crippen LogP contribution in [0, 0.1) is 34.9 Å². The first-order valence-corrected chi connectivity index (χ1v) is 16.0. The third-order valence-corrected chi connectivity index (χ3v) is 10.7. The van der Waals surface area contributed by atoms with Crippen molar-refractivity contribution in [2.24, 2.45) is 29.1 Å². The first kappa shape index (κ1) is 30.9. The first-order valence-electron chi connectivity index (χ1n) is 15.6. The van der Waals surface area contributed by atoms with E-state index in [4.69, 9.17) is 16.3 Å². The summed E-state index contributed by atoms with van der Waals surface area (Å²) in [7, 11) is 0. The zero-order valence-corrected chi connectivity index (χ0v) is 26.5. The number of anilines is 2. The highest BCUT2D eigenvalue weighted by atomic mass is 35.5. The number of benzene rings is 3. The van der Waals surface area contributed by atoms with Gasteiger partial charge in [-0.3, -0.25) is 24.1 Å². The Balaban J connectivity index is 1.36. The fraction of sp³-hybridized carbons (Fsp3) is 0.297. The lowest BCUT2D eigenvalue weighted by Crippen LogP contribution is -2.48. The monoisotopic (exact) mass is 654 g/mol. The van der Waals surface area contributed by atoms with Crippen LogP contribution in [0.15, 0.2) is 78.9 Å². The Morgan fingerprint density at radius 3 is 2.38 bits per heavy atom. The van der Waals surface area contributed by atoms with Crippen molar-refractivity contribution in [3.05, 3.63) is 101 Å². The van der Waals surface area contributed by atoms with E-state index in [1.165, 1.54) is 23.1 Å². The molecule has 240 valence electrons. The molecule has 4 aliphatic rings. The van der Waals surface area contributed by atoms with Gasteiger partial charge in [-0.2, -0.15) is 0 Å². The van der Waals surface area contributed by atoms with E-state index in [1.807, 2.05) is 6.08 Å². The predicted octanol–water partition coefficient (Wildman–Crippen LogP) is 6.66.